The van der Waals surface area contributed by atoms with Gasteiger partial charge in [0.2, 0.25) is 0 Å². The average Bonchev–Trinajstić information content (AvgIpc) is 3.53. The fourth-order valence-corrected chi connectivity index (χ4v) is 6.98. The molecule has 1 aromatic rings. The molecule has 0 bridgehead atoms. The highest BCUT2D eigenvalue weighted by Gasteiger charge is 2.38. The number of hydrogen-bond acceptors (Lipinski definition) is 5. The second kappa shape index (κ2) is 12.4. The SMILES string of the molecule is C=C(C1CC1C)N1CCN(C2=CC=C(C3C=C(N4CCC(CC)C4)c4ccc(CC)cc4N3)CN2C)CC1.CC. The zero-order chi connectivity index (χ0) is 28.4. The molecule has 5 nitrogen and oxygen atoms in total. The van der Waals surface area contributed by atoms with E-state index in [1.807, 2.05) is 13.8 Å². The highest BCUT2D eigenvalue weighted by molar-refractivity contribution is 5.81. The molecule has 5 heteroatoms. The topological polar surface area (TPSA) is 25.0 Å². The summed E-state index contributed by atoms with van der Waals surface area (Å²) in [6, 6.07) is 7.27. The first-order chi connectivity index (χ1) is 19.4. The molecule has 40 heavy (non-hydrogen) atoms. The summed E-state index contributed by atoms with van der Waals surface area (Å²) in [5, 5.41) is 3.92. The number of aryl methyl sites for hydroxylation is 1. The van der Waals surface area contributed by atoms with E-state index in [4.69, 9.17) is 0 Å². The van der Waals surface area contributed by atoms with Gasteiger partial charge in [-0.3, -0.25) is 0 Å². The second-order valence-electron chi connectivity index (χ2n) is 12.3. The summed E-state index contributed by atoms with van der Waals surface area (Å²) in [5.74, 6) is 3.74. The first-order valence-corrected chi connectivity index (χ1v) is 16.1. The summed E-state index contributed by atoms with van der Waals surface area (Å²) >= 11 is 0. The van der Waals surface area contributed by atoms with Crippen molar-refractivity contribution in [1.29, 1.82) is 0 Å². The number of likely N-dealkylation sites (tertiary alicyclic amines) is 1. The zero-order valence-electron chi connectivity index (χ0n) is 26.0. The maximum atomic E-state index is 4.43. The van der Waals surface area contributed by atoms with Crippen LogP contribution in [0.25, 0.3) is 5.70 Å². The Morgan fingerprint density at radius 2 is 1.77 bits per heavy atom. The molecule has 2 saturated heterocycles. The minimum absolute atomic E-state index is 0.228. The molecule has 1 saturated carbocycles. The Hall–Kier alpha value is -2.82. The number of nitrogens with one attached hydrogen (secondary N) is 1. The van der Waals surface area contributed by atoms with Crippen molar-refractivity contribution >= 4 is 11.4 Å². The first kappa shape index (κ1) is 28.7. The van der Waals surface area contributed by atoms with E-state index in [-0.39, 0.29) is 6.04 Å². The summed E-state index contributed by atoms with van der Waals surface area (Å²) in [5.41, 5.74) is 8.33. The number of fused-ring (bicyclic) bond motifs is 1. The first-order valence-electron chi connectivity index (χ1n) is 16.1. The quantitative estimate of drug-likeness (QED) is 0.416. The Bertz CT molecular complexity index is 1150. The molecule has 5 aliphatic rings. The van der Waals surface area contributed by atoms with Crippen LogP contribution in [0.1, 0.15) is 65.0 Å². The molecule has 1 N–H and O–H groups in total. The molecule has 0 radical (unpaired) electrons. The van der Waals surface area contributed by atoms with E-state index in [0.717, 1.165) is 56.9 Å². The molecule has 0 spiro atoms. The van der Waals surface area contributed by atoms with E-state index in [0.29, 0.717) is 0 Å². The largest absolute Gasteiger partial charge is 0.374 e. The van der Waals surface area contributed by atoms with E-state index in [9.17, 15) is 0 Å². The standard InChI is InChI=1S/C33H47N5.C2H6/c1-6-25-8-10-28-31(19-25)34-30(20-32(28)38-13-12-26(7-2)21-38)27-9-11-33(35(5)22-27)37-16-14-36(15-17-37)24(4)29-18-23(29)3;1-2/h8-11,19-20,23,26,29-30,34H,4,6-7,12-18,21-22H2,1-3,5H3;1-2H3. The van der Waals surface area contributed by atoms with Crippen LogP contribution in [0, 0.1) is 17.8 Å². The molecule has 4 atom stereocenters. The van der Waals surface area contributed by atoms with Crippen LogP contribution in [-0.4, -0.2) is 78.5 Å². The second-order valence-corrected chi connectivity index (χ2v) is 12.3. The van der Waals surface area contributed by atoms with Crippen LogP contribution >= 0.6 is 0 Å². The van der Waals surface area contributed by atoms with Crippen molar-refractivity contribution in [3.63, 3.8) is 0 Å². The molecule has 0 amide bonds. The number of piperazine rings is 1. The lowest BCUT2D eigenvalue weighted by atomic mass is 9.93. The number of nitrogens with zero attached hydrogens (tertiary/aromatic N) is 4. The number of likely N-dealkylation sites (N-methyl/N-ethyl adjacent to an activating group) is 1. The van der Waals surface area contributed by atoms with Crippen molar-refractivity contribution in [2.24, 2.45) is 17.8 Å². The van der Waals surface area contributed by atoms with E-state index in [2.05, 4.69) is 95.7 Å². The van der Waals surface area contributed by atoms with Gasteiger partial charge in [0, 0.05) is 81.4 Å². The number of benzene rings is 1. The minimum atomic E-state index is 0.228. The Morgan fingerprint density at radius 3 is 2.40 bits per heavy atom. The van der Waals surface area contributed by atoms with E-state index in [1.54, 1.807) is 0 Å². The third-order valence-corrected chi connectivity index (χ3v) is 9.81. The number of rotatable bonds is 7. The molecule has 1 aromatic carbocycles. The van der Waals surface area contributed by atoms with Crippen molar-refractivity contribution in [3.8, 4) is 0 Å². The Kier molecular flexibility index (Phi) is 8.87. The predicted molar refractivity (Wildman–Crippen MR) is 171 cm³/mol. The molecule has 0 aromatic heterocycles. The van der Waals surface area contributed by atoms with Crippen LogP contribution in [0.2, 0.25) is 0 Å². The zero-order valence-corrected chi connectivity index (χ0v) is 26.0. The Balaban J connectivity index is 0.00000158. The molecular weight excluding hydrogens is 490 g/mol. The van der Waals surface area contributed by atoms with Gasteiger partial charge in [-0.25, -0.2) is 0 Å². The van der Waals surface area contributed by atoms with Crippen LogP contribution in [-0.2, 0) is 6.42 Å². The minimum Gasteiger partial charge on any atom is -0.374 e. The lowest BCUT2D eigenvalue weighted by Gasteiger charge is -2.43. The summed E-state index contributed by atoms with van der Waals surface area (Å²) in [6.45, 7) is 23.0. The molecule has 4 unspecified atom stereocenters. The maximum Gasteiger partial charge on any atom is 0.104 e. The molecule has 1 aliphatic carbocycles. The number of allylic oxidation sites excluding steroid dienone is 3. The van der Waals surface area contributed by atoms with Gasteiger partial charge in [0.15, 0.2) is 0 Å². The normalized spacial score (nSPS) is 27.6. The van der Waals surface area contributed by atoms with E-state index in [1.165, 1.54) is 72.0 Å². The fraction of sp³-hybridized carbons (Fsp3) is 0.600. The molecule has 6 rings (SSSR count). The van der Waals surface area contributed by atoms with Gasteiger partial charge in [0.1, 0.15) is 5.82 Å². The van der Waals surface area contributed by atoms with Crippen molar-refractivity contribution < 1.29 is 0 Å². The van der Waals surface area contributed by atoms with Crippen molar-refractivity contribution in [3.05, 3.63) is 71.2 Å². The number of anilines is 1. The molecule has 4 heterocycles. The molecule has 218 valence electrons. The Morgan fingerprint density at radius 1 is 1.02 bits per heavy atom. The average molecular weight is 544 g/mol. The van der Waals surface area contributed by atoms with Crippen molar-refractivity contribution in [2.75, 3.05) is 58.2 Å². The van der Waals surface area contributed by atoms with Gasteiger partial charge in [0.25, 0.3) is 0 Å². The van der Waals surface area contributed by atoms with Crippen LogP contribution in [0.4, 0.5) is 5.69 Å². The van der Waals surface area contributed by atoms with E-state index >= 15 is 0 Å². The number of hydrogen-bond donors (Lipinski definition) is 1. The summed E-state index contributed by atoms with van der Waals surface area (Å²) < 4.78 is 0. The third kappa shape index (κ3) is 5.80. The molecule has 3 fully saturated rings. The van der Waals surface area contributed by atoms with Crippen LogP contribution in [0.5, 0.6) is 0 Å². The Labute approximate surface area is 244 Å². The van der Waals surface area contributed by atoms with Gasteiger partial charge in [-0.1, -0.05) is 65.8 Å². The van der Waals surface area contributed by atoms with Gasteiger partial charge >= 0.3 is 0 Å². The monoisotopic (exact) mass is 543 g/mol. The fourth-order valence-electron chi connectivity index (χ4n) is 6.98. The van der Waals surface area contributed by atoms with Crippen LogP contribution in [0.3, 0.4) is 0 Å². The van der Waals surface area contributed by atoms with Gasteiger partial charge < -0.3 is 24.9 Å². The highest BCUT2D eigenvalue weighted by atomic mass is 15.4. The summed E-state index contributed by atoms with van der Waals surface area (Å²) in [6.07, 6.45) is 12.2. The maximum absolute atomic E-state index is 4.43. The van der Waals surface area contributed by atoms with Crippen LogP contribution in [0.15, 0.2) is 60.1 Å². The molecular formula is C35H53N5. The summed E-state index contributed by atoms with van der Waals surface area (Å²) in [4.78, 5) is 10.2. The van der Waals surface area contributed by atoms with Gasteiger partial charge in [-0.05, 0) is 60.5 Å². The van der Waals surface area contributed by atoms with Gasteiger partial charge in [-0.15, -0.1) is 0 Å². The summed E-state index contributed by atoms with van der Waals surface area (Å²) in [7, 11) is 2.26. The van der Waals surface area contributed by atoms with Gasteiger partial charge in [0.05, 0.1) is 6.04 Å². The smallest absolute Gasteiger partial charge is 0.104 e. The lowest BCUT2D eigenvalue weighted by Crippen LogP contribution is -2.49. The van der Waals surface area contributed by atoms with Crippen molar-refractivity contribution in [1.82, 2.24) is 19.6 Å². The van der Waals surface area contributed by atoms with Gasteiger partial charge in [-0.2, -0.15) is 0 Å². The lowest BCUT2D eigenvalue weighted by molar-refractivity contribution is 0.149. The van der Waals surface area contributed by atoms with E-state index < -0.39 is 0 Å². The third-order valence-electron chi connectivity index (χ3n) is 9.81. The predicted octanol–water partition coefficient (Wildman–Crippen LogP) is 6.64. The highest BCUT2D eigenvalue weighted by Crippen LogP contribution is 2.44. The molecule has 4 aliphatic heterocycles. The van der Waals surface area contributed by atoms with Crippen molar-refractivity contribution in [2.45, 2.75) is 66.3 Å². The van der Waals surface area contributed by atoms with Crippen LogP contribution < -0.4 is 5.32 Å².